The molecule has 2 N–H and O–H groups in total. The highest BCUT2D eigenvalue weighted by Gasteiger charge is 2.19. The monoisotopic (exact) mass is 249 g/mol. The molecule has 0 fully saturated rings. The summed E-state index contributed by atoms with van der Waals surface area (Å²) in [5, 5.41) is 12.7. The van der Waals surface area contributed by atoms with Gasteiger partial charge in [-0.1, -0.05) is 43.2 Å². The van der Waals surface area contributed by atoms with E-state index < -0.39 is 5.60 Å². The van der Waals surface area contributed by atoms with Crippen molar-refractivity contribution >= 4 is 5.91 Å². The van der Waals surface area contributed by atoms with E-state index in [1.165, 1.54) is 0 Å². The molecule has 0 heterocycles. The Kier molecular flexibility index (Phi) is 5.35. The number of aryl methyl sites for hydroxylation is 1. The zero-order valence-electron chi connectivity index (χ0n) is 11.5. The van der Waals surface area contributed by atoms with E-state index >= 15 is 0 Å². The predicted octanol–water partition coefficient (Wildman–Crippen LogP) is 2.20. The second kappa shape index (κ2) is 6.55. The summed E-state index contributed by atoms with van der Waals surface area (Å²) in [5.74, 6) is -0.0445. The Labute approximate surface area is 109 Å². The molecule has 0 aliphatic carbocycles. The van der Waals surface area contributed by atoms with Gasteiger partial charge in [0, 0.05) is 6.54 Å². The molecule has 1 aromatic rings. The van der Waals surface area contributed by atoms with Gasteiger partial charge < -0.3 is 10.4 Å². The first-order chi connectivity index (χ1) is 8.43. The summed E-state index contributed by atoms with van der Waals surface area (Å²) in [6.45, 7) is 6.09. The van der Waals surface area contributed by atoms with E-state index in [0.29, 0.717) is 19.4 Å². The Morgan fingerprint density at radius 2 is 2.17 bits per heavy atom. The fourth-order valence-corrected chi connectivity index (χ4v) is 1.99. The Morgan fingerprint density at radius 1 is 1.44 bits per heavy atom. The summed E-state index contributed by atoms with van der Waals surface area (Å²) in [5.41, 5.74) is 1.35. The van der Waals surface area contributed by atoms with Crippen molar-refractivity contribution in [1.82, 2.24) is 5.32 Å². The number of hydrogen-bond acceptors (Lipinski definition) is 2. The molecule has 3 heteroatoms. The van der Waals surface area contributed by atoms with Crippen LogP contribution in [0.4, 0.5) is 0 Å². The molecule has 1 aromatic carbocycles. The van der Waals surface area contributed by atoms with E-state index in [4.69, 9.17) is 0 Å². The molecule has 0 saturated heterocycles. The van der Waals surface area contributed by atoms with Gasteiger partial charge in [0.1, 0.15) is 0 Å². The molecule has 3 nitrogen and oxygen atoms in total. The molecule has 0 aliphatic heterocycles. The van der Waals surface area contributed by atoms with Crippen LogP contribution in [0.1, 0.15) is 37.8 Å². The Hall–Kier alpha value is -1.35. The second-order valence-electron chi connectivity index (χ2n) is 5.19. The topological polar surface area (TPSA) is 49.3 Å². The predicted molar refractivity (Wildman–Crippen MR) is 73.4 cm³/mol. The summed E-state index contributed by atoms with van der Waals surface area (Å²) < 4.78 is 0. The van der Waals surface area contributed by atoms with Crippen molar-refractivity contribution in [2.75, 3.05) is 6.54 Å². The van der Waals surface area contributed by atoms with Gasteiger partial charge in [0.05, 0.1) is 12.0 Å². The SMILES string of the molecule is CCCC(C)(O)CNC(=O)Cc1cccc(C)c1. The molecular formula is C15H23NO2. The molecular weight excluding hydrogens is 226 g/mol. The summed E-state index contributed by atoms with van der Waals surface area (Å²) >= 11 is 0. The van der Waals surface area contributed by atoms with Crippen LogP contribution in [0.15, 0.2) is 24.3 Å². The smallest absolute Gasteiger partial charge is 0.224 e. The minimum absolute atomic E-state index is 0.0445. The number of carbonyl (C=O) groups is 1. The third kappa shape index (κ3) is 5.32. The molecule has 0 aliphatic rings. The summed E-state index contributed by atoms with van der Waals surface area (Å²) in [7, 11) is 0. The lowest BCUT2D eigenvalue weighted by atomic mass is 10.0. The van der Waals surface area contributed by atoms with Crippen molar-refractivity contribution in [2.45, 2.75) is 45.6 Å². The molecule has 18 heavy (non-hydrogen) atoms. The molecule has 1 atom stereocenters. The van der Waals surface area contributed by atoms with E-state index in [2.05, 4.69) is 5.32 Å². The van der Waals surface area contributed by atoms with Crippen molar-refractivity contribution in [3.63, 3.8) is 0 Å². The number of aliphatic hydroxyl groups is 1. The highest BCUT2D eigenvalue weighted by atomic mass is 16.3. The number of benzene rings is 1. The number of carbonyl (C=O) groups excluding carboxylic acids is 1. The van der Waals surface area contributed by atoms with Gasteiger partial charge in [-0.15, -0.1) is 0 Å². The molecule has 100 valence electrons. The van der Waals surface area contributed by atoms with Crippen molar-refractivity contribution in [3.05, 3.63) is 35.4 Å². The van der Waals surface area contributed by atoms with E-state index in [-0.39, 0.29) is 5.91 Å². The third-order valence-electron chi connectivity index (χ3n) is 2.90. The molecule has 0 bridgehead atoms. The maximum atomic E-state index is 11.8. The largest absolute Gasteiger partial charge is 0.388 e. The number of hydrogen-bond donors (Lipinski definition) is 2. The van der Waals surface area contributed by atoms with Gasteiger partial charge in [-0.2, -0.15) is 0 Å². The summed E-state index contributed by atoms with van der Waals surface area (Å²) in [4.78, 5) is 11.8. The van der Waals surface area contributed by atoms with E-state index in [1.807, 2.05) is 38.1 Å². The van der Waals surface area contributed by atoms with Crippen LogP contribution in [-0.4, -0.2) is 23.2 Å². The van der Waals surface area contributed by atoms with Crippen LogP contribution in [0, 0.1) is 6.92 Å². The van der Waals surface area contributed by atoms with Crippen LogP contribution >= 0.6 is 0 Å². The van der Waals surface area contributed by atoms with Crippen molar-refractivity contribution < 1.29 is 9.90 Å². The molecule has 1 unspecified atom stereocenters. The third-order valence-corrected chi connectivity index (χ3v) is 2.90. The molecule has 0 spiro atoms. The minimum Gasteiger partial charge on any atom is -0.388 e. The second-order valence-corrected chi connectivity index (χ2v) is 5.19. The average Bonchev–Trinajstić information content (AvgIpc) is 2.26. The fraction of sp³-hybridized carbons (Fsp3) is 0.533. The molecule has 1 rings (SSSR count). The van der Waals surface area contributed by atoms with Crippen molar-refractivity contribution in [3.8, 4) is 0 Å². The maximum Gasteiger partial charge on any atom is 0.224 e. The number of amides is 1. The highest BCUT2D eigenvalue weighted by molar-refractivity contribution is 5.78. The zero-order chi connectivity index (χ0) is 13.6. The maximum absolute atomic E-state index is 11.8. The normalized spacial score (nSPS) is 14.0. The lowest BCUT2D eigenvalue weighted by Crippen LogP contribution is -2.41. The van der Waals surface area contributed by atoms with Gasteiger partial charge in [0.15, 0.2) is 0 Å². The van der Waals surface area contributed by atoms with Gasteiger partial charge in [-0.3, -0.25) is 4.79 Å². The highest BCUT2D eigenvalue weighted by Crippen LogP contribution is 2.10. The molecule has 1 amide bonds. The lowest BCUT2D eigenvalue weighted by Gasteiger charge is -2.22. The molecule has 0 radical (unpaired) electrons. The van der Waals surface area contributed by atoms with E-state index in [0.717, 1.165) is 17.5 Å². The first-order valence-electron chi connectivity index (χ1n) is 6.47. The number of rotatable bonds is 6. The van der Waals surface area contributed by atoms with Crippen LogP contribution in [0.25, 0.3) is 0 Å². The lowest BCUT2D eigenvalue weighted by molar-refractivity contribution is -0.121. The van der Waals surface area contributed by atoms with Crippen LogP contribution in [0.3, 0.4) is 0 Å². The van der Waals surface area contributed by atoms with Gasteiger partial charge in [-0.05, 0) is 25.8 Å². The van der Waals surface area contributed by atoms with Crippen molar-refractivity contribution in [2.24, 2.45) is 0 Å². The molecule has 0 aromatic heterocycles. The quantitative estimate of drug-likeness (QED) is 0.812. The summed E-state index contributed by atoms with van der Waals surface area (Å²) in [6.07, 6.45) is 1.96. The van der Waals surface area contributed by atoms with Gasteiger partial charge in [0.25, 0.3) is 0 Å². The van der Waals surface area contributed by atoms with Gasteiger partial charge in [0.2, 0.25) is 5.91 Å². The Bertz CT molecular complexity index is 399. The Morgan fingerprint density at radius 3 is 2.78 bits per heavy atom. The molecule has 0 saturated carbocycles. The average molecular weight is 249 g/mol. The van der Waals surface area contributed by atoms with Crippen LogP contribution in [-0.2, 0) is 11.2 Å². The van der Waals surface area contributed by atoms with Gasteiger partial charge in [-0.25, -0.2) is 0 Å². The van der Waals surface area contributed by atoms with Crippen LogP contribution in [0.5, 0.6) is 0 Å². The van der Waals surface area contributed by atoms with Crippen LogP contribution < -0.4 is 5.32 Å². The number of nitrogens with one attached hydrogen (secondary N) is 1. The standard InChI is InChI=1S/C15H23NO2/c1-4-8-15(3,18)11-16-14(17)10-13-7-5-6-12(2)9-13/h5-7,9,18H,4,8,10-11H2,1-3H3,(H,16,17). The fourth-order valence-electron chi connectivity index (χ4n) is 1.99. The Balaban J connectivity index is 2.43. The van der Waals surface area contributed by atoms with Crippen molar-refractivity contribution in [1.29, 1.82) is 0 Å². The first-order valence-corrected chi connectivity index (χ1v) is 6.47. The van der Waals surface area contributed by atoms with Gasteiger partial charge >= 0.3 is 0 Å². The van der Waals surface area contributed by atoms with E-state index in [1.54, 1.807) is 6.92 Å². The van der Waals surface area contributed by atoms with E-state index in [9.17, 15) is 9.90 Å². The van der Waals surface area contributed by atoms with Crippen LogP contribution in [0.2, 0.25) is 0 Å². The zero-order valence-corrected chi connectivity index (χ0v) is 11.5. The summed E-state index contributed by atoms with van der Waals surface area (Å²) in [6, 6.07) is 7.90. The minimum atomic E-state index is -0.809. The first kappa shape index (κ1) is 14.7.